The maximum atomic E-state index is 10.7. The van der Waals surface area contributed by atoms with Crippen LogP contribution in [0.15, 0.2) is 212 Å². The van der Waals surface area contributed by atoms with Crippen LogP contribution in [0, 0.1) is 34.0 Å². The summed E-state index contributed by atoms with van der Waals surface area (Å²) in [5, 5.41) is 32.7. The Hall–Kier alpha value is -5.56. The Balaban J connectivity index is 0.000000903. The molecule has 0 radical (unpaired) electrons. The zero-order valence-electron chi connectivity index (χ0n) is 40.6. The first kappa shape index (κ1) is 67.5. The molecule has 0 aliphatic carbocycles. The smallest absolute Gasteiger partial charge is 0.741 e. The number of hydrogen-bond donors (Lipinski definition) is 0. The van der Waals surface area contributed by atoms with Crippen molar-refractivity contribution < 1.29 is 69.4 Å². The van der Waals surface area contributed by atoms with Gasteiger partial charge in [-0.3, -0.25) is 0 Å². The fourth-order valence-corrected chi connectivity index (χ4v) is 33.1. The van der Waals surface area contributed by atoms with Gasteiger partial charge in [0.25, 0.3) is 0 Å². The Morgan fingerprint density at radius 3 is 0.653 bits per heavy atom. The minimum absolute atomic E-state index is 0. The van der Waals surface area contributed by atoms with E-state index in [0.29, 0.717) is 0 Å². The molecule has 0 heterocycles. The number of rotatable bonds is 13. The molecule has 22 heteroatoms. The molecule has 0 saturated carbocycles. The van der Waals surface area contributed by atoms with Gasteiger partial charge in [-0.25, -0.2) is 16.8 Å². The molecule has 0 aromatic heterocycles. The molecular formula is C53H53F6FeN3O6P3S2Si+3. The van der Waals surface area contributed by atoms with Crippen LogP contribution in [0.4, 0.5) is 26.3 Å². The number of nitriles is 3. The van der Waals surface area contributed by atoms with E-state index in [0.717, 1.165) is 0 Å². The molecule has 75 heavy (non-hydrogen) atoms. The van der Waals surface area contributed by atoms with E-state index in [-0.39, 0.29) is 17.1 Å². The summed E-state index contributed by atoms with van der Waals surface area (Å²) in [4.78, 5) is 0. The van der Waals surface area contributed by atoms with Gasteiger partial charge in [0.15, 0.2) is 20.2 Å². The molecule has 7 aromatic carbocycles. The van der Waals surface area contributed by atoms with E-state index in [2.05, 4.69) is 212 Å². The molecule has 0 atom stereocenters. The predicted octanol–water partition coefficient (Wildman–Crippen LogP) is 9.25. The van der Waals surface area contributed by atoms with Crippen LogP contribution in [-0.2, 0) is 37.3 Å². The molecule has 0 spiro atoms. The molecule has 9 nitrogen and oxygen atoms in total. The van der Waals surface area contributed by atoms with Crippen molar-refractivity contribution in [2.45, 2.75) is 31.8 Å². The fraction of sp³-hybridized carbons (Fsp3) is 0.151. The standard InChI is InChI=1S/C45H41P3Si.3C2H3N.2CHF3O3S.Fe/c1-8-22-39(23-9-1)46(40-24-10-2-11-25-40)36-49(45-34-20-7-21-35-45,37-47(41-26-12-3-13-27-41)42-28-14-4-15-29-42)38-48(43-30-16-5-17-31-43)44-32-18-6-19-33-44;3*1-2-3;2*2-1(3,4)8(5,6)7;/h1-35H,36-38H2;3*1H3;2*(H,5,6,7);/q;;;;;;+2/p+1. The van der Waals surface area contributed by atoms with Gasteiger partial charge in [-0.1, -0.05) is 140 Å². The molecular weight excluding hydrogens is 1130 g/mol. The summed E-state index contributed by atoms with van der Waals surface area (Å²) in [6.07, 6.45) is 0. The molecule has 0 aliphatic rings. The van der Waals surface area contributed by atoms with Crippen molar-refractivity contribution in [3.05, 3.63) is 212 Å². The average molecular weight is 1180 g/mol. The normalized spacial score (nSPS) is 10.9. The molecule has 0 fully saturated rings. The molecule has 7 aromatic rings. The van der Waals surface area contributed by atoms with Crippen LogP contribution in [0.5, 0.6) is 0 Å². The third-order valence-electron chi connectivity index (χ3n) is 10.2. The molecule has 0 saturated heterocycles. The van der Waals surface area contributed by atoms with Gasteiger partial charge in [0.1, 0.15) is 0 Å². The van der Waals surface area contributed by atoms with Gasteiger partial charge in [0, 0.05) is 20.8 Å². The first-order valence-corrected chi connectivity index (χ1v) is 32.5. The van der Waals surface area contributed by atoms with Crippen LogP contribution < -0.4 is 37.0 Å². The third kappa shape index (κ3) is 23.5. The van der Waals surface area contributed by atoms with Crippen LogP contribution in [0.25, 0.3) is 0 Å². The quantitative estimate of drug-likeness (QED) is 0.0357. The second-order valence-electron chi connectivity index (χ2n) is 15.3. The summed E-state index contributed by atoms with van der Waals surface area (Å²) >= 11 is 0. The maximum Gasteiger partial charge on any atom is 2.00 e. The molecule has 394 valence electrons. The number of benzene rings is 7. The van der Waals surface area contributed by atoms with E-state index in [4.69, 9.17) is 41.7 Å². The molecule has 0 unspecified atom stereocenters. The predicted molar refractivity (Wildman–Crippen MR) is 293 cm³/mol. The van der Waals surface area contributed by atoms with Gasteiger partial charge < -0.3 is 9.11 Å². The minimum atomic E-state index is -6.09. The zero-order chi connectivity index (χ0) is 55.3. The Morgan fingerprint density at radius 2 is 0.520 bits per heavy atom. The summed E-state index contributed by atoms with van der Waals surface area (Å²) in [6.45, 7) is 4.29. The number of nitrogens with zero attached hydrogens (tertiary/aromatic N) is 3. The Bertz CT molecular complexity index is 2650. The Kier molecular flexibility index (Phi) is 30.7. The van der Waals surface area contributed by atoms with E-state index in [9.17, 15) is 26.3 Å². The largest absolute Gasteiger partial charge is 2.00 e. The van der Waals surface area contributed by atoms with Crippen molar-refractivity contribution >= 4 is 89.1 Å². The van der Waals surface area contributed by atoms with Crippen LogP contribution in [-0.4, -0.2) is 62.4 Å². The number of alkyl halides is 6. The minimum Gasteiger partial charge on any atom is -0.741 e. The van der Waals surface area contributed by atoms with E-state index >= 15 is 0 Å². The second kappa shape index (κ2) is 34.2. The Labute approximate surface area is 451 Å². The molecule has 0 aliphatic heterocycles. The molecule has 0 N–H and O–H groups in total. The van der Waals surface area contributed by atoms with Crippen molar-refractivity contribution in [3.63, 3.8) is 0 Å². The topological polar surface area (TPSA) is 186 Å². The average Bonchev–Trinajstić information content (AvgIpc) is 3.38. The van der Waals surface area contributed by atoms with Gasteiger partial charge >= 0.3 is 28.1 Å². The van der Waals surface area contributed by atoms with Crippen LogP contribution >= 0.6 is 23.8 Å². The van der Waals surface area contributed by atoms with Crippen LogP contribution in [0.2, 0.25) is 0 Å². The SMILES string of the molecule is CC#N.CC#N.CC#N.O=S(=O)([O-])C(F)(F)F.O=S(=O)([O-])C(F)(F)F.[Fe+2].c1ccc([PH+](C[Si](C[PH+](c2ccccc2)c2ccccc2)(C[PH+](c2ccccc2)c2ccccc2)c2ccccc2)c2ccccc2)cc1. The summed E-state index contributed by atoms with van der Waals surface area (Å²) in [7, 11) is -17.9. The van der Waals surface area contributed by atoms with Crippen molar-refractivity contribution in [1.82, 2.24) is 0 Å². The number of hydrogen-bond acceptors (Lipinski definition) is 9. The van der Waals surface area contributed by atoms with E-state index in [1.54, 1.807) is 23.4 Å². The van der Waals surface area contributed by atoms with Crippen LogP contribution in [0.3, 0.4) is 0 Å². The fourth-order valence-electron chi connectivity index (χ4n) is 7.25. The Morgan fingerprint density at radius 1 is 0.387 bits per heavy atom. The third-order valence-corrected chi connectivity index (χ3v) is 31.5. The van der Waals surface area contributed by atoms with Gasteiger partial charge in [-0.2, -0.15) is 42.1 Å². The van der Waals surface area contributed by atoms with Crippen molar-refractivity contribution in [2.75, 3.05) is 17.4 Å². The first-order valence-electron chi connectivity index (χ1n) is 22.0. The van der Waals surface area contributed by atoms with Crippen molar-refractivity contribution in [2.24, 2.45) is 0 Å². The molecule has 0 bridgehead atoms. The van der Waals surface area contributed by atoms with Gasteiger partial charge in [-0.05, 0) is 78.0 Å². The molecule has 7 rings (SSSR count). The maximum absolute atomic E-state index is 10.7. The summed E-state index contributed by atoms with van der Waals surface area (Å²) in [6, 6.07) is 86.1. The zero-order valence-corrected chi connectivity index (χ0v) is 47.3. The van der Waals surface area contributed by atoms with Gasteiger partial charge in [0.2, 0.25) is 8.07 Å². The van der Waals surface area contributed by atoms with Gasteiger partial charge in [-0.15, -0.1) is 0 Å². The van der Waals surface area contributed by atoms with E-state index in [1.807, 2.05) is 0 Å². The first-order chi connectivity index (χ1) is 35.0. The van der Waals surface area contributed by atoms with Crippen LogP contribution in [0.1, 0.15) is 20.8 Å². The summed E-state index contributed by atoms with van der Waals surface area (Å²) < 4.78 is 118. The van der Waals surface area contributed by atoms with Crippen molar-refractivity contribution in [3.8, 4) is 18.2 Å². The van der Waals surface area contributed by atoms with E-state index < -0.39 is 63.1 Å². The summed E-state index contributed by atoms with van der Waals surface area (Å²) in [5.74, 6) is 3.78. The van der Waals surface area contributed by atoms with Crippen molar-refractivity contribution in [1.29, 1.82) is 15.8 Å². The van der Waals surface area contributed by atoms with E-state index in [1.165, 1.54) is 70.0 Å². The second-order valence-corrected chi connectivity index (χ2v) is 31.7. The monoisotopic (exact) mass is 1180 g/mol. The molecule has 0 amide bonds. The van der Waals surface area contributed by atoms with Gasteiger partial charge in [0.05, 0.1) is 91.2 Å². The summed E-state index contributed by atoms with van der Waals surface area (Å²) in [5.41, 5.74) is -11.3. The number of halogens is 6.